The van der Waals surface area contributed by atoms with E-state index in [0.29, 0.717) is 6.61 Å². The minimum Gasteiger partial charge on any atom is -0.479 e. The number of carboxylic acids is 1. The average molecular weight is 158 g/mol. The molecule has 1 atom stereocenters. The lowest BCUT2D eigenvalue weighted by Crippen LogP contribution is -2.19. The summed E-state index contributed by atoms with van der Waals surface area (Å²) >= 11 is 0. The number of hydrogen-bond donors (Lipinski definition) is 1. The van der Waals surface area contributed by atoms with E-state index in [0.717, 1.165) is 5.57 Å². The van der Waals surface area contributed by atoms with E-state index >= 15 is 0 Å². The van der Waals surface area contributed by atoms with Crippen molar-refractivity contribution >= 4 is 5.97 Å². The number of carbonyl (C=O) groups is 1. The highest BCUT2D eigenvalue weighted by atomic mass is 16.5. The first-order valence-electron chi connectivity index (χ1n) is 3.52. The predicted molar refractivity (Wildman–Crippen MR) is 42.5 cm³/mol. The quantitative estimate of drug-likeness (QED) is 0.630. The molecule has 1 N–H and O–H groups in total. The zero-order chi connectivity index (χ0) is 8.85. The Morgan fingerprint density at radius 2 is 2.18 bits per heavy atom. The number of aliphatic carboxylic acids is 1. The average Bonchev–Trinajstić information content (AvgIpc) is 1.86. The van der Waals surface area contributed by atoms with Crippen LogP contribution in [-0.4, -0.2) is 23.8 Å². The molecule has 0 aliphatic heterocycles. The molecular weight excluding hydrogens is 144 g/mol. The monoisotopic (exact) mass is 158 g/mol. The molecule has 0 heterocycles. The van der Waals surface area contributed by atoms with Gasteiger partial charge in [-0.1, -0.05) is 11.6 Å². The summed E-state index contributed by atoms with van der Waals surface area (Å²) in [7, 11) is 0. The molecule has 3 heteroatoms. The Hall–Kier alpha value is -0.830. The second kappa shape index (κ2) is 4.91. The molecule has 0 rings (SSSR count). The largest absolute Gasteiger partial charge is 0.479 e. The summed E-state index contributed by atoms with van der Waals surface area (Å²) in [5.41, 5.74) is 1.13. The van der Waals surface area contributed by atoms with Gasteiger partial charge in [0.2, 0.25) is 0 Å². The van der Waals surface area contributed by atoms with E-state index in [-0.39, 0.29) is 0 Å². The SMILES string of the molecule is CC(C)=CCOC(C)C(=O)O. The minimum atomic E-state index is -0.924. The molecule has 0 fully saturated rings. The van der Waals surface area contributed by atoms with Crippen molar-refractivity contribution in [1.29, 1.82) is 0 Å². The Balaban J connectivity index is 3.55. The van der Waals surface area contributed by atoms with E-state index < -0.39 is 12.1 Å². The van der Waals surface area contributed by atoms with Crippen LogP contribution in [0.25, 0.3) is 0 Å². The fraction of sp³-hybridized carbons (Fsp3) is 0.625. The van der Waals surface area contributed by atoms with Gasteiger partial charge < -0.3 is 9.84 Å². The Bertz CT molecular complexity index is 157. The molecule has 0 bridgehead atoms. The Kier molecular flexibility index (Phi) is 4.54. The zero-order valence-corrected chi connectivity index (χ0v) is 7.13. The van der Waals surface area contributed by atoms with E-state index in [1.54, 1.807) is 0 Å². The Labute approximate surface area is 66.7 Å². The van der Waals surface area contributed by atoms with Crippen LogP contribution in [0.5, 0.6) is 0 Å². The third-order valence-corrected chi connectivity index (χ3v) is 1.19. The first kappa shape index (κ1) is 10.2. The molecule has 64 valence electrons. The van der Waals surface area contributed by atoms with Gasteiger partial charge in [0.25, 0.3) is 0 Å². The summed E-state index contributed by atoms with van der Waals surface area (Å²) in [5.74, 6) is -0.924. The summed E-state index contributed by atoms with van der Waals surface area (Å²) in [6.45, 7) is 5.76. The van der Waals surface area contributed by atoms with Crippen molar-refractivity contribution in [1.82, 2.24) is 0 Å². The summed E-state index contributed by atoms with van der Waals surface area (Å²) in [4.78, 5) is 10.2. The molecule has 0 aliphatic rings. The van der Waals surface area contributed by atoms with Gasteiger partial charge in [0.15, 0.2) is 6.10 Å². The van der Waals surface area contributed by atoms with Crippen molar-refractivity contribution < 1.29 is 14.6 Å². The molecular formula is C8H14O3. The molecule has 0 saturated heterocycles. The molecule has 0 aromatic rings. The van der Waals surface area contributed by atoms with Crippen molar-refractivity contribution in [3.63, 3.8) is 0 Å². The molecule has 0 saturated carbocycles. The Morgan fingerprint density at radius 3 is 2.55 bits per heavy atom. The smallest absolute Gasteiger partial charge is 0.332 e. The summed E-state index contributed by atoms with van der Waals surface area (Å²) in [6, 6.07) is 0. The number of allylic oxidation sites excluding steroid dienone is 1. The van der Waals surface area contributed by atoms with Crippen LogP contribution < -0.4 is 0 Å². The summed E-state index contributed by atoms with van der Waals surface area (Å²) < 4.78 is 4.94. The second-order valence-electron chi connectivity index (χ2n) is 2.60. The van der Waals surface area contributed by atoms with Gasteiger partial charge in [-0.05, 0) is 20.8 Å². The number of carboxylic acid groups (broad SMARTS) is 1. The van der Waals surface area contributed by atoms with E-state index in [2.05, 4.69) is 0 Å². The maximum Gasteiger partial charge on any atom is 0.332 e. The Morgan fingerprint density at radius 1 is 1.64 bits per heavy atom. The van der Waals surface area contributed by atoms with E-state index in [1.807, 2.05) is 19.9 Å². The fourth-order valence-electron chi connectivity index (χ4n) is 0.430. The molecule has 0 aromatic carbocycles. The maximum atomic E-state index is 10.2. The third kappa shape index (κ3) is 5.61. The third-order valence-electron chi connectivity index (χ3n) is 1.19. The molecule has 0 aromatic heterocycles. The zero-order valence-electron chi connectivity index (χ0n) is 7.13. The van der Waals surface area contributed by atoms with E-state index in [4.69, 9.17) is 9.84 Å². The van der Waals surface area contributed by atoms with Gasteiger partial charge in [-0.2, -0.15) is 0 Å². The standard InChI is InChI=1S/C8H14O3/c1-6(2)4-5-11-7(3)8(9)10/h4,7H,5H2,1-3H3,(H,9,10). The predicted octanol–water partition coefficient (Wildman–Crippen LogP) is 1.44. The van der Waals surface area contributed by atoms with Crippen LogP contribution in [0, 0.1) is 0 Å². The van der Waals surface area contributed by atoms with Gasteiger partial charge in [0.05, 0.1) is 6.61 Å². The van der Waals surface area contributed by atoms with Crippen molar-refractivity contribution in [3.05, 3.63) is 11.6 Å². The molecule has 0 radical (unpaired) electrons. The lowest BCUT2D eigenvalue weighted by atomic mass is 10.3. The fourth-order valence-corrected chi connectivity index (χ4v) is 0.430. The van der Waals surface area contributed by atoms with Crippen LogP contribution in [0.1, 0.15) is 20.8 Å². The van der Waals surface area contributed by atoms with Crippen LogP contribution in [-0.2, 0) is 9.53 Å². The maximum absolute atomic E-state index is 10.2. The van der Waals surface area contributed by atoms with Crippen LogP contribution in [0.2, 0.25) is 0 Å². The highest BCUT2D eigenvalue weighted by molar-refractivity contribution is 5.71. The van der Waals surface area contributed by atoms with Crippen molar-refractivity contribution in [2.45, 2.75) is 26.9 Å². The van der Waals surface area contributed by atoms with Crippen molar-refractivity contribution in [2.24, 2.45) is 0 Å². The lowest BCUT2D eigenvalue weighted by molar-refractivity contribution is -0.148. The molecule has 0 spiro atoms. The highest BCUT2D eigenvalue weighted by Gasteiger charge is 2.08. The number of ether oxygens (including phenoxy) is 1. The van der Waals surface area contributed by atoms with Gasteiger partial charge in [-0.25, -0.2) is 4.79 Å². The molecule has 0 amide bonds. The van der Waals surface area contributed by atoms with Gasteiger partial charge in [0, 0.05) is 0 Å². The number of hydrogen-bond acceptors (Lipinski definition) is 2. The minimum absolute atomic E-state index is 0.371. The van der Waals surface area contributed by atoms with Gasteiger partial charge >= 0.3 is 5.97 Å². The van der Waals surface area contributed by atoms with Gasteiger partial charge in [-0.3, -0.25) is 0 Å². The first-order chi connectivity index (χ1) is 5.04. The van der Waals surface area contributed by atoms with Crippen LogP contribution in [0.15, 0.2) is 11.6 Å². The van der Waals surface area contributed by atoms with Crippen molar-refractivity contribution in [2.75, 3.05) is 6.61 Å². The number of rotatable bonds is 4. The second-order valence-corrected chi connectivity index (χ2v) is 2.60. The van der Waals surface area contributed by atoms with Gasteiger partial charge in [0.1, 0.15) is 0 Å². The van der Waals surface area contributed by atoms with Gasteiger partial charge in [-0.15, -0.1) is 0 Å². The normalized spacial score (nSPS) is 12.3. The highest BCUT2D eigenvalue weighted by Crippen LogP contribution is 1.93. The molecule has 11 heavy (non-hydrogen) atoms. The summed E-state index contributed by atoms with van der Waals surface area (Å²) in [6.07, 6.45) is 1.13. The summed E-state index contributed by atoms with van der Waals surface area (Å²) in [5, 5.41) is 8.40. The topological polar surface area (TPSA) is 46.5 Å². The van der Waals surface area contributed by atoms with Crippen LogP contribution >= 0.6 is 0 Å². The first-order valence-corrected chi connectivity index (χ1v) is 3.52. The molecule has 0 aliphatic carbocycles. The molecule has 1 unspecified atom stereocenters. The lowest BCUT2D eigenvalue weighted by Gasteiger charge is -2.04. The molecule has 3 nitrogen and oxygen atoms in total. The van der Waals surface area contributed by atoms with Crippen LogP contribution in [0.4, 0.5) is 0 Å². The van der Waals surface area contributed by atoms with E-state index in [1.165, 1.54) is 6.92 Å². The van der Waals surface area contributed by atoms with E-state index in [9.17, 15) is 4.79 Å². The van der Waals surface area contributed by atoms with Crippen molar-refractivity contribution in [3.8, 4) is 0 Å². The van der Waals surface area contributed by atoms with Crippen LogP contribution in [0.3, 0.4) is 0 Å².